The summed E-state index contributed by atoms with van der Waals surface area (Å²) in [7, 11) is 0. The number of amides is 1. The Bertz CT molecular complexity index is 875. The minimum atomic E-state index is -0.467. The number of anilines is 1. The Morgan fingerprint density at radius 3 is 2.96 bits per heavy atom. The van der Waals surface area contributed by atoms with Gasteiger partial charge in [-0.25, -0.2) is 4.98 Å². The largest absolute Gasteiger partial charge is 0.300 e. The van der Waals surface area contributed by atoms with E-state index in [1.54, 1.807) is 47.6 Å². The lowest BCUT2D eigenvalue weighted by Crippen LogP contribution is -2.23. The topological polar surface area (TPSA) is 103 Å². The molecule has 2 heterocycles. The number of aromatic nitrogens is 3. The van der Waals surface area contributed by atoms with Gasteiger partial charge in [0.15, 0.2) is 5.13 Å². The van der Waals surface area contributed by atoms with Crippen molar-refractivity contribution in [3.8, 4) is 11.3 Å². The van der Waals surface area contributed by atoms with Crippen molar-refractivity contribution in [3.63, 3.8) is 0 Å². The number of carbonyl (C=O) groups is 1. The fourth-order valence-electron chi connectivity index (χ4n) is 2.08. The lowest BCUT2D eigenvalue weighted by atomic mass is 10.1. The molecule has 0 radical (unpaired) electrons. The number of non-ortho nitro benzene ring substituents is 1. The van der Waals surface area contributed by atoms with E-state index in [0.29, 0.717) is 16.4 Å². The van der Waals surface area contributed by atoms with Crippen molar-refractivity contribution in [2.24, 2.45) is 0 Å². The normalized spacial score (nSPS) is 11.9. The molecular weight excluding hydrogens is 330 g/mol. The summed E-state index contributed by atoms with van der Waals surface area (Å²) in [6.07, 6.45) is 3.31. The summed E-state index contributed by atoms with van der Waals surface area (Å²) in [6.45, 7) is 1.73. The number of nitro benzene ring substituents is 1. The van der Waals surface area contributed by atoms with Gasteiger partial charge in [0.05, 0.1) is 10.6 Å². The number of benzene rings is 1. The van der Waals surface area contributed by atoms with Crippen LogP contribution in [0.2, 0.25) is 0 Å². The molecule has 0 saturated carbocycles. The summed E-state index contributed by atoms with van der Waals surface area (Å²) in [5.74, 6) is -0.237. The Balaban J connectivity index is 1.75. The Morgan fingerprint density at radius 2 is 2.25 bits per heavy atom. The average molecular weight is 343 g/mol. The molecule has 0 saturated heterocycles. The molecule has 9 heteroatoms. The number of hydrogen-bond donors (Lipinski definition) is 1. The molecule has 1 aromatic carbocycles. The van der Waals surface area contributed by atoms with E-state index in [9.17, 15) is 14.9 Å². The van der Waals surface area contributed by atoms with Crippen LogP contribution < -0.4 is 5.32 Å². The third kappa shape index (κ3) is 3.30. The number of carbonyl (C=O) groups excluding carboxylic acids is 1. The van der Waals surface area contributed by atoms with Crippen molar-refractivity contribution < 1.29 is 9.72 Å². The van der Waals surface area contributed by atoms with Crippen molar-refractivity contribution in [1.29, 1.82) is 0 Å². The van der Waals surface area contributed by atoms with Gasteiger partial charge in [-0.15, -0.1) is 11.3 Å². The van der Waals surface area contributed by atoms with Gasteiger partial charge in [-0.2, -0.15) is 5.10 Å². The van der Waals surface area contributed by atoms with Gasteiger partial charge in [-0.05, 0) is 13.0 Å². The summed E-state index contributed by atoms with van der Waals surface area (Å²) in [6, 6.07) is 7.49. The number of nitrogens with zero attached hydrogens (tertiary/aromatic N) is 4. The van der Waals surface area contributed by atoms with Crippen molar-refractivity contribution in [1.82, 2.24) is 14.8 Å². The van der Waals surface area contributed by atoms with E-state index in [2.05, 4.69) is 15.4 Å². The molecule has 8 nitrogen and oxygen atoms in total. The minimum absolute atomic E-state index is 0.00149. The standard InChI is InChI=1S/C15H13N5O3S/c1-10(19-7-3-6-16-19)14(21)18-15-17-13(9-24-15)11-4-2-5-12(8-11)20(22)23/h2-10H,1H3,(H,17,18,21). The van der Waals surface area contributed by atoms with E-state index in [1.165, 1.54) is 23.5 Å². The first-order valence-electron chi connectivity index (χ1n) is 7.05. The van der Waals surface area contributed by atoms with E-state index < -0.39 is 11.0 Å². The molecular formula is C15H13N5O3S. The maximum atomic E-state index is 12.2. The smallest absolute Gasteiger partial charge is 0.270 e. The quantitative estimate of drug-likeness (QED) is 0.566. The zero-order valence-electron chi connectivity index (χ0n) is 12.6. The highest BCUT2D eigenvalue weighted by atomic mass is 32.1. The monoisotopic (exact) mass is 343 g/mol. The molecule has 0 aliphatic heterocycles. The summed E-state index contributed by atoms with van der Waals surface area (Å²) >= 11 is 1.26. The van der Waals surface area contributed by atoms with Crippen LogP contribution in [0, 0.1) is 10.1 Å². The number of hydrogen-bond acceptors (Lipinski definition) is 6. The molecule has 0 fully saturated rings. The molecule has 0 spiro atoms. The SMILES string of the molecule is CC(C(=O)Nc1nc(-c2cccc([N+](=O)[O-])c2)cs1)n1cccn1. The Labute approximate surface area is 140 Å². The molecule has 2 aromatic heterocycles. The first kappa shape index (κ1) is 15.8. The minimum Gasteiger partial charge on any atom is -0.300 e. The van der Waals surface area contributed by atoms with E-state index in [-0.39, 0.29) is 11.6 Å². The van der Waals surface area contributed by atoms with Gasteiger partial charge >= 0.3 is 0 Å². The highest BCUT2D eigenvalue weighted by molar-refractivity contribution is 7.14. The number of thiazole rings is 1. The van der Waals surface area contributed by atoms with Crippen molar-refractivity contribution in [3.05, 3.63) is 58.2 Å². The van der Waals surface area contributed by atoms with Gasteiger partial charge in [-0.3, -0.25) is 19.6 Å². The molecule has 0 aliphatic rings. The average Bonchev–Trinajstić information content (AvgIpc) is 3.26. The van der Waals surface area contributed by atoms with Crippen LogP contribution >= 0.6 is 11.3 Å². The second-order valence-corrected chi connectivity index (χ2v) is 5.85. The van der Waals surface area contributed by atoms with Crippen molar-refractivity contribution >= 4 is 28.1 Å². The molecule has 3 aromatic rings. The third-order valence-electron chi connectivity index (χ3n) is 3.39. The van der Waals surface area contributed by atoms with E-state index in [1.807, 2.05) is 0 Å². The Morgan fingerprint density at radius 1 is 1.42 bits per heavy atom. The van der Waals surface area contributed by atoms with Gasteiger partial charge in [0.2, 0.25) is 0 Å². The fourth-order valence-corrected chi connectivity index (χ4v) is 2.80. The molecule has 0 bridgehead atoms. The third-order valence-corrected chi connectivity index (χ3v) is 4.15. The van der Waals surface area contributed by atoms with Gasteiger partial charge < -0.3 is 5.32 Å². The van der Waals surface area contributed by atoms with Crippen molar-refractivity contribution in [2.45, 2.75) is 13.0 Å². The maximum absolute atomic E-state index is 12.2. The summed E-state index contributed by atoms with van der Waals surface area (Å²) in [4.78, 5) is 26.9. The number of rotatable bonds is 5. The lowest BCUT2D eigenvalue weighted by molar-refractivity contribution is -0.384. The molecule has 3 rings (SSSR count). The summed E-state index contributed by atoms with van der Waals surface area (Å²) < 4.78 is 1.55. The molecule has 1 amide bonds. The lowest BCUT2D eigenvalue weighted by Gasteiger charge is -2.10. The summed E-state index contributed by atoms with van der Waals surface area (Å²) in [5, 5.41) is 19.8. The van der Waals surface area contributed by atoms with Gasteiger partial charge in [0.1, 0.15) is 6.04 Å². The van der Waals surface area contributed by atoms with E-state index >= 15 is 0 Å². The highest BCUT2D eigenvalue weighted by Crippen LogP contribution is 2.27. The first-order chi connectivity index (χ1) is 11.5. The van der Waals surface area contributed by atoms with Crippen LogP contribution in [0.4, 0.5) is 10.8 Å². The van der Waals surface area contributed by atoms with Crippen LogP contribution in [0.15, 0.2) is 48.1 Å². The van der Waals surface area contributed by atoms with Gasteiger partial charge in [0.25, 0.3) is 11.6 Å². The predicted molar refractivity (Wildman–Crippen MR) is 89.8 cm³/mol. The molecule has 122 valence electrons. The molecule has 1 unspecified atom stereocenters. The van der Waals surface area contributed by atoms with Gasteiger partial charge in [0, 0.05) is 35.5 Å². The first-order valence-corrected chi connectivity index (χ1v) is 7.93. The number of nitrogens with one attached hydrogen (secondary N) is 1. The fraction of sp³-hybridized carbons (Fsp3) is 0.133. The van der Waals surface area contributed by atoms with Crippen molar-refractivity contribution in [2.75, 3.05) is 5.32 Å². The zero-order valence-corrected chi connectivity index (χ0v) is 13.4. The second kappa shape index (κ2) is 6.59. The van der Waals surface area contributed by atoms with Crippen LogP contribution in [0.25, 0.3) is 11.3 Å². The van der Waals surface area contributed by atoms with Crippen LogP contribution in [0.1, 0.15) is 13.0 Å². The second-order valence-electron chi connectivity index (χ2n) is 5.00. The van der Waals surface area contributed by atoms with E-state index in [0.717, 1.165) is 0 Å². The molecule has 1 N–H and O–H groups in total. The van der Waals surface area contributed by atoms with Crippen LogP contribution in [-0.4, -0.2) is 25.6 Å². The van der Waals surface area contributed by atoms with Gasteiger partial charge in [-0.1, -0.05) is 12.1 Å². The van der Waals surface area contributed by atoms with Crippen LogP contribution in [0.3, 0.4) is 0 Å². The van der Waals surface area contributed by atoms with E-state index in [4.69, 9.17) is 0 Å². The Hall–Kier alpha value is -3.07. The molecule has 24 heavy (non-hydrogen) atoms. The molecule has 0 aliphatic carbocycles. The number of nitro groups is 1. The summed E-state index contributed by atoms with van der Waals surface area (Å²) in [5.41, 5.74) is 1.20. The Kier molecular flexibility index (Phi) is 4.34. The van der Waals surface area contributed by atoms with Crippen LogP contribution in [-0.2, 0) is 4.79 Å². The highest BCUT2D eigenvalue weighted by Gasteiger charge is 2.17. The zero-order chi connectivity index (χ0) is 17.1. The maximum Gasteiger partial charge on any atom is 0.270 e. The predicted octanol–water partition coefficient (Wildman–Crippen LogP) is 3.11. The van der Waals surface area contributed by atoms with Crippen LogP contribution in [0.5, 0.6) is 0 Å². The molecule has 1 atom stereocenters.